The summed E-state index contributed by atoms with van der Waals surface area (Å²) >= 11 is 0. The number of nitrogens with one attached hydrogen (secondary N) is 1. The summed E-state index contributed by atoms with van der Waals surface area (Å²) in [7, 11) is 2.01. The van der Waals surface area contributed by atoms with Crippen molar-refractivity contribution in [3.05, 3.63) is 18.0 Å². The van der Waals surface area contributed by atoms with E-state index in [0.29, 0.717) is 6.04 Å². The van der Waals surface area contributed by atoms with E-state index in [1.54, 1.807) is 0 Å². The minimum Gasteiger partial charge on any atom is -0.310 e. The van der Waals surface area contributed by atoms with Crippen LogP contribution in [0.4, 0.5) is 0 Å². The predicted molar refractivity (Wildman–Crippen MR) is 68.6 cm³/mol. The monoisotopic (exact) mass is 233 g/mol. The maximum Gasteiger partial charge on any atom is 0.0537 e. The van der Waals surface area contributed by atoms with E-state index >= 15 is 0 Å². The minimum atomic E-state index is 0.531. The smallest absolute Gasteiger partial charge is 0.0537 e. The van der Waals surface area contributed by atoms with Gasteiger partial charge in [0.15, 0.2) is 0 Å². The van der Waals surface area contributed by atoms with Crippen molar-refractivity contribution in [2.45, 2.75) is 38.6 Å². The number of nitrogens with zero attached hydrogens (tertiary/aromatic N) is 2. The summed E-state index contributed by atoms with van der Waals surface area (Å²) in [6.07, 6.45) is 10.1. The number of hydrogen-bond donors (Lipinski definition) is 1. The summed E-state index contributed by atoms with van der Waals surface area (Å²) < 4.78 is 1.92. The summed E-state index contributed by atoms with van der Waals surface area (Å²) in [5.74, 6) is 2.82. The molecule has 94 valence electrons. The van der Waals surface area contributed by atoms with Crippen LogP contribution in [0.15, 0.2) is 12.4 Å². The van der Waals surface area contributed by atoms with E-state index in [0.717, 1.165) is 24.3 Å². The molecule has 1 aromatic rings. The van der Waals surface area contributed by atoms with Gasteiger partial charge in [0.1, 0.15) is 0 Å². The molecular formula is C14H23N3. The summed E-state index contributed by atoms with van der Waals surface area (Å²) in [4.78, 5) is 0. The molecule has 0 amide bonds. The van der Waals surface area contributed by atoms with Crippen molar-refractivity contribution in [1.82, 2.24) is 15.1 Å². The van der Waals surface area contributed by atoms with Gasteiger partial charge in [-0.05, 0) is 43.6 Å². The van der Waals surface area contributed by atoms with Crippen LogP contribution in [0.3, 0.4) is 0 Å². The molecule has 3 heteroatoms. The van der Waals surface area contributed by atoms with Crippen molar-refractivity contribution < 1.29 is 0 Å². The normalized spacial score (nSPS) is 33.2. The first kappa shape index (κ1) is 11.3. The van der Waals surface area contributed by atoms with E-state index in [4.69, 9.17) is 0 Å². The Morgan fingerprint density at radius 1 is 1.47 bits per heavy atom. The third kappa shape index (κ3) is 2.01. The van der Waals surface area contributed by atoms with E-state index in [9.17, 15) is 0 Å². The van der Waals surface area contributed by atoms with Crippen molar-refractivity contribution >= 4 is 0 Å². The molecule has 0 radical (unpaired) electrons. The van der Waals surface area contributed by atoms with Crippen LogP contribution in [0.1, 0.15) is 44.2 Å². The molecular weight excluding hydrogens is 210 g/mol. The van der Waals surface area contributed by atoms with Crippen LogP contribution in [0.25, 0.3) is 0 Å². The molecule has 3 nitrogen and oxygen atoms in total. The lowest BCUT2D eigenvalue weighted by atomic mass is 9.81. The molecule has 1 aromatic heterocycles. The summed E-state index contributed by atoms with van der Waals surface area (Å²) in [5.41, 5.74) is 1.38. The largest absolute Gasteiger partial charge is 0.310 e. The fraction of sp³-hybridized carbons (Fsp3) is 0.786. The van der Waals surface area contributed by atoms with Gasteiger partial charge < -0.3 is 5.32 Å². The number of fused-ring (bicyclic) bond motifs is 2. The van der Waals surface area contributed by atoms with Crippen molar-refractivity contribution in [2.75, 3.05) is 6.54 Å². The fourth-order valence-corrected chi connectivity index (χ4v) is 4.04. The average molecular weight is 233 g/mol. The maximum atomic E-state index is 4.33. The van der Waals surface area contributed by atoms with E-state index in [-0.39, 0.29) is 0 Å². The minimum absolute atomic E-state index is 0.531. The highest BCUT2D eigenvalue weighted by atomic mass is 15.2. The second-order valence-corrected chi connectivity index (χ2v) is 5.82. The molecule has 0 spiro atoms. The number of rotatable bonds is 4. The lowest BCUT2D eigenvalue weighted by molar-refractivity contribution is 0.253. The quantitative estimate of drug-likeness (QED) is 0.866. The van der Waals surface area contributed by atoms with Crippen molar-refractivity contribution in [2.24, 2.45) is 24.8 Å². The molecule has 2 saturated carbocycles. The van der Waals surface area contributed by atoms with Crippen LogP contribution < -0.4 is 5.32 Å². The SMILES string of the molecule is CCNC(c1cnn(C)c1)C1CC2CCC1C2. The summed E-state index contributed by atoms with van der Waals surface area (Å²) in [6, 6.07) is 0.531. The van der Waals surface area contributed by atoms with Gasteiger partial charge in [-0.15, -0.1) is 0 Å². The number of aryl methyl sites for hydroxylation is 1. The standard InChI is InChI=1S/C14H23N3/c1-3-15-14(12-8-16-17(2)9-12)13-7-10-4-5-11(13)6-10/h8-11,13-15H,3-7H2,1-2H3. The van der Waals surface area contributed by atoms with Crippen LogP contribution in [0, 0.1) is 17.8 Å². The van der Waals surface area contributed by atoms with Gasteiger partial charge in [0.2, 0.25) is 0 Å². The maximum absolute atomic E-state index is 4.33. The van der Waals surface area contributed by atoms with Crippen LogP contribution in [0.2, 0.25) is 0 Å². The van der Waals surface area contributed by atoms with Gasteiger partial charge in [-0.3, -0.25) is 4.68 Å². The van der Waals surface area contributed by atoms with Gasteiger partial charge in [-0.1, -0.05) is 13.3 Å². The summed E-state index contributed by atoms with van der Waals surface area (Å²) in [6.45, 7) is 3.25. The highest BCUT2D eigenvalue weighted by molar-refractivity contribution is 5.14. The Labute approximate surface area is 104 Å². The Morgan fingerprint density at radius 3 is 2.88 bits per heavy atom. The predicted octanol–water partition coefficient (Wildman–Crippen LogP) is 2.51. The van der Waals surface area contributed by atoms with E-state index < -0.39 is 0 Å². The molecule has 0 aromatic carbocycles. The first-order valence-corrected chi connectivity index (χ1v) is 7.00. The van der Waals surface area contributed by atoms with Gasteiger partial charge in [0, 0.05) is 24.8 Å². The van der Waals surface area contributed by atoms with Gasteiger partial charge >= 0.3 is 0 Å². The number of hydrogen-bond acceptors (Lipinski definition) is 2. The van der Waals surface area contributed by atoms with Crippen LogP contribution >= 0.6 is 0 Å². The molecule has 1 N–H and O–H groups in total. The lowest BCUT2D eigenvalue weighted by Crippen LogP contribution is -2.31. The van der Waals surface area contributed by atoms with Crippen molar-refractivity contribution in [3.63, 3.8) is 0 Å². The van der Waals surface area contributed by atoms with Gasteiger partial charge in [-0.2, -0.15) is 5.10 Å². The first-order chi connectivity index (χ1) is 8.28. The second kappa shape index (κ2) is 4.45. The Bertz CT molecular complexity index is 385. The molecule has 1 heterocycles. The molecule has 4 unspecified atom stereocenters. The van der Waals surface area contributed by atoms with Gasteiger partial charge in [-0.25, -0.2) is 0 Å². The Morgan fingerprint density at radius 2 is 2.35 bits per heavy atom. The molecule has 2 aliphatic rings. The molecule has 3 rings (SSSR count). The third-order valence-electron chi connectivity index (χ3n) is 4.73. The van der Waals surface area contributed by atoms with Gasteiger partial charge in [0.25, 0.3) is 0 Å². The van der Waals surface area contributed by atoms with Crippen molar-refractivity contribution in [1.29, 1.82) is 0 Å². The zero-order valence-electron chi connectivity index (χ0n) is 10.9. The lowest BCUT2D eigenvalue weighted by Gasteiger charge is -2.30. The van der Waals surface area contributed by atoms with Crippen LogP contribution in [-0.2, 0) is 7.05 Å². The molecule has 2 aliphatic carbocycles. The Kier molecular flexibility index (Phi) is 2.95. The third-order valence-corrected chi connectivity index (χ3v) is 4.73. The topological polar surface area (TPSA) is 29.9 Å². The summed E-state index contributed by atoms with van der Waals surface area (Å²) in [5, 5.41) is 8.02. The molecule has 2 bridgehead atoms. The molecule has 4 atom stereocenters. The highest BCUT2D eigenvalue weighted by Crippen LogP contribution is 2.52. The van der Waals surface area contributed by atoms with Crippen LogP contribution in [0.5, 0.6) is 0 Å². The molecule has 17 heavy (non-hydrogen) atoms. The van der Waals surface area contributed by atoms with Crippen molar-refractivity contribution in [3.8, 4) is 0 Å². The molecule has 0 saturated heterocycles. The number of aromatic nitrogens is 2. The zero-order chi connectivity index (χ0) is 11.8. The first-order valence-electron chi connectivity index (χ1n) is 7.00. The molecule has 0 aliphatic heterocycles. The fourth-order valence-electron chi connectivity index (χ4n) is 4.04. The second-order valence-electron chi connectivity index (χ2n) is 5.82. The van der Waals surface area contributed by atoms with E-state index in [1.807, 2.05) is 17.9 Å². The highest BCUT2D eigenvalue weighted by Gasteiger charge is 2.43. The molecule has 2 fully saturated rings. The Balaban J connectivity index is 1.80. The average Bonchev–Trinajstić information content (AvgIpc) is 3.01. The van der Waals surface area contributed by atoms with E-state index in [1.165, 1.54) is 31.2 Å². The zero-order valence-corrected chi connectivity index (χ0v) is 10.9. The Hall–Kier alpha value is -0.830. The van der Waals surface area contributed by atoms with E-state index in [2.05, 4.69) is 23.5 Å². The van der Waals surface area contributed by atoms with Gasteiger partial charge in [0.05, 0.1) is 6.20 Å². The van der Waals surface area contributed by atoms with Crippen LogP contribution in [-0.4, -0.2) is 16.3 Å².